The van der Waals surface area contributed by atoms with Crippen molar-refractivity contribution < 1.29 is 56.5 Å². The molecule has 0 aromatic heterocycles. The fourth-order valence-electron chi connectivity index (χ4n) is 0.613. The average Bonchev–Trinajstić information content (AvgIpc) is 1.80. The molecule has 0 fully saturated rings. The van der Waals surface area contributed by atoms with Crippen LogP contribution in [0, 0.1) is 6.92 Å². The first kappa shape index (κ1) is 10.9. The molecule has 0 heterocycles. The van der Waals surface area contributed by atoms with Gasteiger partial charge in [-0.25, -0.2) is 0 Å². The van der Waals surface area contributed by atoms with Gasteiger partial charge in [-0.2, -0.15) is 0 Å². The van der Waals surface area contributed by atoms with Gasteiger partial charge >= 0.3 is 51.4 Å². The minimum Gasteiger partial charge on any atom is -0.872 e. The van der Waals surface area contributed by atoms with Gasteiger partial charge in [0.05, 0.1) is 0 Å². The molecule has 10 heavy (non-hydrogen) atoms. The number of benzene rings is 1. The molecule has 0 radical (unpaired) electrons. The van der Waals surface area contributed by atoms with E-state index in [1.54, 1.807) is 19.1 Å². The summed E-state index contributed by atoms with van der Waals surface area (Å²) in [6.45, 7) is 1.74. The number of hydrogen-bond donors (Lipinski definition) is 0. The molecule has 1 nitrogen and oxygen atoms in total. The Labute approximate surface area is 108 Å². The maximum absolute atomic E-state index is 10.7. The Hall–Kier alpha value is 0.946. The van der Waals surface area contributed by atoms with E-state index in [4.69, 9.17) is 11.6 Å². The quantitative estimate of drug-likeness (QED) is 0.457. The number of rotatable bonds is 0. The Morgan fingerprint density at radius 3 is 2.40 bits per heavy atom. The molecular formula is C7H6ClKO. The van der Waals surface area contributed by atoms with Crippen LogP contribution in [0.1, 0.15) is 5.56 Å². The predicted molar refractivity (Wildman–Crippen MR) is 35.6 cm³/mol. The maximum Gasteiger partial charge on any atom is 1.00 e. The summed E-state index contributed by atoms with van der Waals surface area (Å²) in [5, 5.41) is 11.3. The van der Waals surface area contributed by atoms with Crippen LogP contribution in [-0.4, -0.2) is 0 Å². The standard InChI is InChI=1S/C7H7ClO.K/c1-5-4-6(8)2-3-7(5)9;/h2-4,9H,1H3;/q;+1/p-1. The zero-order chi connectivity index (χ0) is 6.85. The van der Waals surface area contributed by atoms with Gasteiger partial charge in [-0.15, -0.1) is 5.75 Å². The summed E-state index contributed by atoms with van der Waals surface area (Å²) in [4.78, 5) is 0. The van der Waals surface area contributed by atoms with Crippen LogP contribution in [-0.2, 0) is 0 Å². The summed E-state index contributed by atoms with van der Waals surface area (Å²) < 4.78 is 0. The van der Waals surface area contributed by atoms with Crippen LogP contribution in [0.2, 0.25) is 5.02 Å². The van der Waals surface area contributed by atoms with E-state index in [0.29, 0.717) is 10.6 Å². The van der Waals surface area contributed by atoms with E-state index in [-0.39, 0.29) is 57.1 Å². The summed E-state index contributed by atoms with van der Waals surface area (Å²) in [6, 6.07) is 4.72. The van der Waals surface area contributed by atoms with E-state index in [2.05, 4.69) is 0 Å². The Morgan fingerprint density at radius 1 is 1.40 bits per heavy atom. The predicted octanol–water partition coefficient (Wildman–Crippen LogP) is -1.27. The van der Waals surface area contributed by atoms with Crippen molar-refractivity contribution in [1.29, 1.82) is 0 Å². The van der Waals surface area contributed by atoms with Crippen LogP contribution in [0.3, 0.4) is 0 Å². The molecule has 0 aliphatic rings. The fourth-order valence-corrected chi connectivity index (χ4v) is 0.839. The summed E-state index contributed by atoms with van der Waals surface area (Å²) in [7, 11) is 0. The van der Waals surface area contributed by atoms with Gasteiger partial charge in [0.15, 0.2) is 0 Å². The second-order valence-electron chi connectivity index (χ2n) is 1.91. The first-order valence-electron chi connectivity index (χ1n) is 2.63. The SMILES string of the molecule is Cc1cc(Cl)ccc1[O-].[K+]. The second kappa shape index (κ2) is 4.75. The molecular weight excluding hydrogens is 175 g/mol. The van der Waals surface area contributed by atoms with Crippen LogP contribution in [0.5, 0.6) is 5.75 Å². The van der Waals surface area contributed by atoms with Crippen LogP contribution in [0.4, 0.5) is 0 Å². The van der Waals surface area contributed by atoms with Gasteiger partial charge in [-0.05, 0) is 19.1 Å². The third-order valence-electron chi connectivity index (χ3n) is 1.14. The molecule has 1 aromatic carbocycles. The zero-order valence-corrected chi connectivity index (χ0v) is 9.90. The smallest absolute Gasteiger partial charge is 0.872 e. The Morgan fingerprint density at radius 2 is 2.00 bits per heavy atom. The molecule has 0 aliphatic heterocycles. The van der Waals surface area contributed by atoms with E-state index in [1.807, 2.05) is 0 Å². The molecule has 0 unspecified atom stereocenters. The first-order valence-corrected chi connectivity index (χ1v) is 3.01. The van der Waals surface area contributed by atoms with Gasteiger partial charge in [-0.3, -0.25) is 0 Å². The van der Waals surface area contributed by atoms with Crippen molar-refractivity contribution in [2.45, 2.75) is 6.92 Å². The Bertz CT molecular complexity index is 225. The van der Waals surface area contributed by atoms with E-state index in [1.165, 1.54) is 6.07 Å². The Balaban J connectivity index is 0.000000810. The van der Waals surface area contributed by atoms with E-state index >= 15 is 0 Å². The Kier molecular flexibility index (Phi) is 5.20. The third-order valence-corrected chi connectivity index (χ3v) is 1.37. The molecule has 1 aromatic rings. The maximum atomic E-state index is 10.7. The van der Waals surface area contributed by atoms with Crippen molar-refractivity contribution in [2.75, 3.05) is 0 Å². The molecule has 0 N–H and O–H groups in total. The molecule has 0 bridgehead atoms. The van der Waals surface area contributed by atoms with Gasteiger partial charge in [0.2, 0.25) is 0 Å². The van der Waals surface area contributed by atoms with E-state index in [0.717, 1.165) is 0 Å². The number of hydrogen-bond acceptors (Lipinski definition) is 1. The monoisotopic (exact) mass is 180 g/mol. The van der Waals surface area contributed by atoms with Crippen molar-refractivity contribution in [3.63, 3.8) is 0 Å². The minimum absolute atomic E-state index is 0. The van der Waals surface area contributed by atoms with Crippen LogP contribution < -0.4 is 56.5 Å². The second-order valence-corrected chi connectivity index (χ2v) is 2.35. The van der Waals surface area contributed by atoms with Gasteiger partial charge < -0.3 is 5.11 Å². The van der Waals surface area contributed by atoms with Crippen molar-refractivity contribution in [1.82, 2.24) is 0 Å². The van der Waals surface area contributed by atoms with Crippen LogP contribution >= 0.6 is 11.6 Å². The molecule has 0 aliphatic carbocycles. The van der Waals surface area contributed by atoms with Crippen LogP contribution in [0.25, 0.3) is 0 Å². The van der Waals surface area contributed by atoms with Crippen molar-refractivity contribution in [2.24, 2.45) is 0 Å². The summed E-state index contributed by atoms with van der Waals surface area (Å²) in [5.41, 5.74) is 0.697. The average molecular weight is 181 g/mol. The molecule has 0 amide bonds. The van der Waals surface area contributed by atoms with E-state index in [9.17, 15) is 5.11 Å². The fraction of sp³-hybridized carbons (Fsp3) is 0.143. The van der Waals surface area contributed by atoms with E-state index < -0.39 is 0 Å². The molecule has 0 saturated heterocycles. The molecule has 0 spiro atoms. The first-order chi connectivity index (χ1) is 4.20. The normalized spacial score (nSPS) is 8.60. The summed E-state index contributed by atoms with van der Waals surface area (Å²) >= 11 is 5.58. The van der Waals surface area contributed by atoms with Gasteiger partial charge in [0.25, 0.3) is 0 Å². The molecule has 1 rings (SSSR count). The molecule has 0 saturated carbocycles. The third kappa shape index (κ3) is 2.90. The largest absolute Gasteiger partial charge is 1.00 e. The minimum atomic E-state index is 0. The summed E-state index contributed by atoms with van der Waals surface area (Å²) in [5.74, 6) is 0.0411. The van der Waals surface area contributed by atoms with Gasteiger partial charge in [0, 0.05) is 5.02 Å². The van der Waals surface area contributed by atoms with Gasteiger partial charge in [-0.1, -0.05) is 23.2 Å². The topological polar surface area (TPSA) is 23.1 Å². The molecule has 0 atom stereocenters. The number of aryl methyl sites for hydroxylation is 1. The number of halogens is 1. The van der Waals surface area contributed by atoms with Crippen molar-refractivity contribution in [3.05, 3.63) is 28.8 Å². The van der Waals surface area contributed by atoms with Crippen molar-refractivity contribution >= 4 is 11.6 Å². The molecule has 48 valence electrons. The zero-order valence-electron chi connectivity index (χ0n) is 6.02. The van der Waals surface area contributed by atoms with Crippen molar-refractivity contribution in [3.8, 4) is 5.75 Å². The molecule has 3 heteroatoms. The van der Waals surface area contributed by atoms with Crippen LogP contribution in [0.15, 0.2) is 18.2 Å². The summed E-state index contributed by atoms with van der Waals surface area (Å²) in [6.07, 6.45) is 0. The van der Waals surface area contributed by atoms with Gasteiger partial charge in [0.1, 0.15) is 0 Å².